The second kappa shape index (κ2) is 6.10. The van der Waals surface area contributed by atoms with E-state index in [9.17, 15) is 4.79 Å². The summed E-state index contributed by atoms with van der Waals surface area (Å²) in [7, 11) is 1.95. The van der Waals surface area contributed by atoms with Crippen LogP contribution in [0.1, 0.15) is 18.2 Å². The smallest absolute Gasteiger partial charge is 0.270 e. The van der Waals surface area contributed by atoms with Gasteiger partial charge in [-0.2, -0.15) is 0 Å². The molecule has 3 nitrogen and oxygen atoms in total. The van der Waals surface area contributed by atoms with Crippen LogP contribution >= 0.6 is 24.0 Å². The molecule has 0 radical (unpaired) electrons. The Kier molecular flexibility index (Phi) is 4.18. The van der Waals surface area contributed by atoms with E-state index in [-0.39, 0.29) is 5.91 Å². The molecule has 1 aliphatic rings. The highest BCUT2D eigenvalue weighted by Crippen LogP contribution is 2.36. The molecule has 0 atom stereocenters. The molecular formula is C17H16N2OS2. The molecule has 1 fully saturated rings. The van der Waals surface area contributed by atoms with Crippen LogP contribution in [0.4, 0.5) is 5.69 Å². The molecule has 112 valence electrons. The summed E-state index contributed by atoms with van der Waals surface area (Å²) in [4.78, 5) is 14.9. The lowest BCUT2D eigenvalue weighted by atomic mass is 10.1. The lowest BCUT2D eigenvalue weighted by molar-refractivity contribution is -0.113. The summed E-state index contributed by atoms with van der Waals surface area (Å²) in [5.41, 5.74) is 3.06. The van der Waals surface area contributed by atoms with Crippen LogP contribution in [0.15, 0.2) is 47.5 Å². The van der Waals surface area contributed by atoms with E-state index in [1.165, 1.54) is 17.3 Å². The Morgan fingerprint density at radius 1 is 1.23 bits per heavy atom. The molecule has 0 unspecified atom stereocenters. The number of hydrogen-bond donors (Lipinski definition) is 0. The summed E-state index contributed by atoms with van der Waals surface area (Å²) >= 11 is 6.74. The van der Waals surface area contributed by atoms with Crippen LogP contribution in [0.3, 0.4) is 0 Å². The molecule has 0 aliphatic carbocycles. The highest BCUT2D eigenvalue weighted by atomic mass is 32.2. The number of thiocarbonyl (C=S) groups is 1. The summed E-state index contributed by atoms with van der Waals surface area (Å²) in [6, 6.07) is 11.9. The highest BCUT2D eigenvalue weighted by molar-refractivity contribution is 8.27. The van der Waals surface area contributed by atoms with Gasteiger partial charge in [0, 0.05) is 18.9 Å². The molecule has 3 rings (SSSR count). The minimum absolute atomic E-state index is 0.0551. The van der Waals surface area contributed by atoms with Gasteiger partial charge in [0.2, 0.25) is 0 Å². The van der Waals surface area contributed by atoms with E-state index in [4.69, 9.17) is 12.2 Å². The van der Waals surface area contributed by atoms with Crippen molar-refractivity contribution in [3.05, 3.63) is 58.8 Å². The van der Waals surface area contributed by atoms with Gasteiger partial charge in [-0.3, -0.25) is 9.69 Å². The molecule has 1 aliphatic heterocycles. The number of carbonyl (C=O) groups excluding carboxylic acids is 1. The normalized spacial score (nSPS) is 16.8. The van der Waals surface area contributed by atoms with Crippen molar-refractivity contribution in [3.63, 3.8) is 0 Å². The van der Waals surface area contributed by atoms with Crippen molar-refractivity contribution >= 4 is 46.0 Å². The van der Waals surface area contributed by atoms with Gasteiger partial charge in [-0.05, 0) is 42.3 Å². The maximum Gasteiger partial charge on any atom is 0.270 e. The molecule has 0 bridgehead atoms. The number of aromatic nitrogens is 1. The number of hydrogen-bond acceptors (Lipinski definition) is 3. The Morgan fingerprint density at radius 2 is 1.95 bits per heavy atom. The van der Waals surface area contributed by atoms with Gasteiger partial charge in [-0.15, -0.1) is 0 Å². The number of rotatable bonds is 3. The number of benzene rings is 1. The summed E-state index contributed by atoms with van der Waals surface area (Å²) in [6.45, 7) is 2.11. The summed E-state index contributed by atoms with van der Waals surface area (Å²) < 4.78 is 2.55. The number of amides is 1. The fraction of sp³-hybridized carbons (Fsp3) is 0.176. The fourth-order valence-electron chi connectivity index (χ4n) is 2.33. The Labute approximate surface area is 139 Å². The average Bonchev–Trinajstić information content (AvgIpc) is 3.04. The van der Waals surface area contributed by atoms with Gasteiger partial charge in [0.05, 0.1) is 10.6 Å². The Morgan fingerprint density at radius 3 is 2.55 bits per heavy atom. The standard InChI is InChI=1S/C17H16N2OS2/c1-3-12-6-8-13(9-7-12)19-16(20)15(22-17(19)21)11-14-5-4-10-18(14)2/h4-11H,3H2,1-2H3. The Balaban J connectivity index is 1.91. The Hall–Kier alpha value is -1.85. The molecule has 22 heavy (non-hydrogen) atoms. The van der Waals surface area contributed by atoms with Crippen molar-refractivity contribution in [1.29, 1.82) is 0 Å². The molecule has 1 aromatic carbocycles. The molecule has 0 saturated carbocycles. The zero-order valence-corrected chi connectivity index (χ0v) is 14.1. The third kappa shape index (κ3) is 2.74. The minimum atomic E-state index is -0.0551. The van der Waals surface area contributed by atoms with E-state index in [2.05, 4.69) is 6.92 Å². The van der Waals surface area contributed by atoms with Crippen molar-refractivity contribution in [2.24, 2.45) is 7.05 Å². The lowest BCUT2D eigenvalue weighted by Crippen LogP contribution is -2.27. The number of anilines is 1. The number of carbonyl (C=O) groups is 1. The number of aryl methyl sites for hydroxylation is 2. The van der Waals surface area contributed by atoms with Crippen LogP contribution in [0, 0.1) is 0 Å². The molecule has 1 aromatic heterocycles. The Bertz CT molecular complexity index is 759. The first-order valence-electron chi connectivity index (χ1n) is 7.08. The van der Waals surface area contributed by atoms with E-state index in [0.717, 1.165) is 17.8 Å². The molecule has 2 aromatic rings. The average molecular weight is 328 g/mol. The van der Waals surface area contributed by atoms with E-state index in [1.807, 2.05) is 60.3 Å². The molecule has 0 spiro atoms. The molecule has 2 heterocycles. The zero-order valence-electron chi connectivity index (χ0n) is 12.4. The van der Waals surface area contributed by atoms with Crippen LogP contribution < -0.4 is 4.90 Å². The van der Waals surface area contributed by atoms with Gasteiger partial charge in [0.25, 0.3) is 5.91 Å². The van der Waals surface area contributed by atoms with E-state index >= 15 is 0 Å². The maximum absolute atomic E-state index is 12.6. The van der Waals surface area contributed by atoms with Crippen molar-refractivity contribution in [1.82, 2.24) is 4.57 Å². The fourth-order valence-corrected chi connectivity index (χ4v) is 3.61. The van der Waals surface area contributed by atoms with Crippen LogP contribution in [0.5, 0.6) is 0 Å². The first kappa shape index (κ1) is 15.1. The third-order valence-corrected chi connectivity index (χ3v) is 4.96. The highest BCUT2D eigenvalue weighted by Gasteiger charge is 2.33. The second-order valence-electron chi connectivity index (χ2n) is 5.08. The SMILES string of the molecule is CCc1ccc(N2C(=O)C(=Cc3cccn3C)SC2=S)cc1. The van der Waals surface area contributed by atoms with Crippen molar-refractivity contribution < 1.29 is 4.79 Å². The van der Waals surface area contributed by atoms with Gasteiger partial charge >= 0.3 is 0 Å². The van der Waals surface area contributed by atoms with Gasteiger partial charge < -0.3 is 4.57 Å². The maximum atomic E-state index is 12.6. The quantitative estimate of drug-likeness (QED) is 0.629. The first-order chi connectivity index (χ1) is 10.6. The van der Waals surface area contributed by atoms with E-state index in [1.54, 1.807) is 4.90 Å². The molecule has 5 heteroatoms. The van der Waals surface area contributed by atoms with Crippen LogP contribution in [0.25, 0.3) is 6.08 Å². The number of nitrogens with zero attached hydrogens (tertiary/aromatic N) is 2. The van der Waals surface area contributed by atoms with Gasteiger partial charge in [0.1, 0.15) is 0 Å². The molecule has 0 N–H and O–H groups in total. The largest absolute Gasteiger partial charge is 0.351 e. The van der Waals surface area contributed by atoms with E-state index in [0.29, 0.717) is 9.23 Å². The minimum Gasteiger partial charge on any atom is -0.351 e. The zero-order chi connectivity index (χ0) is 15.7. The van der Waals surface area contributed by atoms with Gasteiger partial charge in [-0.1, -0.05) is 43.0 Å². The predicted octanol–water partition coefficient (Wildman–Crippen LogP) is 3.99. The predicted molar refractivity (Wildman–Crippen MR) is 96.9 cm³/mol. The molecule has 1 saturated heterocycles. The van der Waals surface area contributed by atoms with Gasteiger partial charge in [-0.25, -0.2) is 0 Å². The lowest BCUT2D eigenvalue weighted by Gasteiger charge is -2.14. The van der Waals surface area contributed by atoms with Crippen LogP contribution in [0.2, 0.25) is 0 Å². The summed E-state index contributed by atoms with van der Waals surface area (Å²) in [5, 5.41) is 0. The number of thioether (sulfide) groups is 1. The second-order valence-corrected chi connectivity index (χ2v) is 6.76. The van der Waals surface area contributed by atoms with E-state index < -0.39 is 0 Å². The van der Waals surface area contributed by atoms with Gasteiger partial charge in [0.15, 0.2) is 4.32 Å². The van der Waals surface area contributed by atoms with Crippen LogP contribution in [-0.4, -0.2) is 14.8 Å². The third-order valence-electron chi connectivity index (χ3n) is 3.66. The topological polar surface area (TPSA) is 25.2 Å². The summed E-state index contributed by atoms with van der Waals surface area (Å²) in [6.07, 6.45) is 4.82. The summed E-state index contributed by atoms with van der Waals surface area (Å²) in [5.74, 6) is -0.0551. The van der Waals surface area contributed by atoms with Crippen molar-refractivity contribution in [2.75, 3.05) is 4.90 Å². The van der Waals surface area contributed by atoms with Crippen molar-refractivity contribution in [3.8, 4) is 0 Å². The van der Waals surface area contributed by atoms with Crippen molar-refractivity contribution in [2.45, 2.75) is 13.3 Å². The molecular weight excluding hydrogens is 312 g/mol. The monoisotopic (exact) mass is 328 g/mol. The molecule has 1 amide bonds. The first-order valence-corrected chi connectivity index (χ1v) is 8.31. The van der Waals surface area contributed by atoms with Crippen LogP contribution in [-0.2, 0) is 18.3 Å².